The topological polar surface area (TPSA) is 54.5 Å². The highest BCUT2D eigenvalue weighted by Gasteiger charge is 2.13. The van der Waals surface area contributed by atoms with Crippen molar-refractivity contribution in [2.75, 3.05) is 39.4 Å². The number of pyridine rings is 1. The van der Waals surface area contributed by atoms with Gasteiger partial charge in [-0.25, -0.2) is 0 Å². The molecule has 0 atom stereocenters. The quantitative estimate of drug-likeness (QED) is 0.813. The van der Waals surface area contributed by atoms with Crippen molar-refractivity contribution in [2.24, 2.45) is 0 Å². The molecule has 1 aliphatic heterocycles. The summed E-state index contributed by atoms with van der Waals surface area (Å²) in [5.41, 5.74) is 0.482. The van der Waals surface area contributed by atoms with E-state index >= 15 is 0 Å². The predicted molar refractivity (Wildman–Crippen MR) is 93.7 cm³/mol. The maximum atomic E-state index is 12.4. The monoisotopic (exact) mass is 377 g/mol. The van der Waals surface area contributed by atoms with E-state index in [1.54, 1.807) is 6.20 Å². The first-order valence-corrected chi connectivity index (χ1v) is 8.66. The van der Waals surface area contributed by atoms with Crippen LogP contribution in [0.15, 0.2) is 34.9 Å². The summed E-state index contributed by atoms with van der Waals surface area (Å²) in [6.45, 7) is 5.21. The average molecular weight is 378 g/mol. The Kier molecular flexibility index (Phi) is 5.59. The van der Waals surface area contributed by atoms with Crippen LogP contribution in [-0.4, -0.2) is 55.2 Å². The van der Waals surface area contributed by atoms with E-state index in [4.69, 9.17) is 4.74 Å². The van der Waals surface area contributed by atoms with Crippen molar-refractivity contribution in [1.29, 1.82) is 0 Å². The number of rotatable bonds is 5. The van der Waals surface area contributed by atoms with Crippen molar-refractivity contribution < 1.29 is 9.53 Å². The summed E-state index contributed by atoms with van der Waals surface area (Å²) in [4.78, 5) is 19.0. The molecule has 6 heteroatoms. The number of hydrogen-bond acceptors (Lipinski definition) is 4. The lowest BCUT2D eigenvalue weighted by Crippen LogP contribution is -2.38. The van der Waals surface area contributed by atoms with E-state index in [2.05, 4.69) is 31.1 Å². The van der Waals surface area contributed by atoms with Gasteiger partial charge in [-0.2, -0.15) is 0 Å². The Bertz CT molecular complexity index is 687. The third kappa shape index (κ3) is 4.28. The van der Waals surface area contributed by atoms with E-state index in [1.165, 1.54) is 0 Å². The van der Waals surface area contributed by atoms with Crippen molar-refractivity contribution in [2.45, 2.75) is 6.42 Å². The van der Waals surface area contributed by atoms with Crippen molar-refractivity contribution in [3.63, 3.8) is 0 Å². The summed E-state index contributed by atoms with van der Waals surface area (Å²) in [5.74, 6) is -0.115. The van der Waals surface area contributed by atoms with E-state index in [0.717, 1.165) is 54.5 Å². The maximum Gasteiger partial charge on any atom is 0.270 e. The highest BCUT2D eigenvalue weighted by atomic mass is 79.9. The number of hydrogen-bond donors (Lipinski definition) is 1. The summed E-state index contributed by atoms with van der Waals surface area (Å²) >= 11 is 3.45. The van der Waals surface area contributed by atoms with Gasteiger partial charge in [0.15, 0.2) is 0 Å². The molecule has 2 heterocycles. The first-order chi connectivity index (χ1) is 11.2. The lowest BCUT2D eigenvalue weighted by molar-refractivity contribution is 0.0374. The first-order valence-electron chi connectivity index (χ1n) is 7.86. The minimum atomic E-state index is -0.115. The molecular formula is C17H20BrN3O2. The fourth-order valence-corrected chi connectivity index (χ4v) is 3.10. The molecule has 23 heavy (non-hydrogen) atoms. The highest BCUT2D eigenvalue weighted by Crippen LogP contribution is 2.21. The smallest absolute Gasteiger partial charge is 0.270 e. The van der Waals surface area contributed by atoms with Gasteiger partial charge in [0.25, 0.3) is 5.91 Å². The van der Waals surface area contributed by atoms with Crippen LogP contribution in [0, 0.1) is 0 Å². The molecular weight excluding hydrogens is 358 g/mol. The van der Waals surface area contributed by atoms with Crippen LogP contribution in [0.5, 0.6) is 0 Å². The molecule has 0 unspecified atom stereocenters. The molecule has 0 spiro atoms. The number of carbonyl (C=O) groups is 1. The van der Waals surface area contributed by atoms with Gasteiger partial charge in [0.05, 0.1) is 13.2 Å². The predicted octanol–water partition coefficient (Wildman–Crippen LogP) is 2.45. The Labute approximate surface area is 144 Å². The molecule has 1 fully saturated rings. The molecule has 1 amide bonds. The number of benzene rings is 1. The van der Waals surface area contributed by atoms with Crippen LogP contribution in [0.2, 0.25) is 0 Å². The molecule has 1 saturated heterocycles. The van der Waals surface area contributed by atoms with Crippen LogP contribution in [0.25, 0.3) is 10.8 Å². The lowest BCUT2D eigenvalue weighted by atomic mass is 10.1. The van der Waals surface area contributed by atoms with E-state index in [9.17, 15) is 4.79 Å². The van der Waals surface area contributed by atoms with E-state index in [0.29, 0.717) is 12.2 Å². The van der Waals surface area contributed by atoms with Crippen LogP contribution in [0.3, 0.4) is 0 Å². The summed E-state index contributed by atoms with van der Waals surface area (Å²) in [6.07, 6.45) is 2.61. The van der Waals surface area contributed by atoms with E-state index < -0.39 is 0 Å². The molecule has 122 valence electrons. The number of nitrogens with zero attached hydrogens (tertiary/aromatic N) is 2. The van der Waals surface area contributed by atoms with Gasteiger partial charge < -0.3 is 10.1 Å². The summed E-state index contributed by atoms with van der Waals surface area (Å²) in [5, 5.41) is 4.86. The Hall–Kier alpha value is -1.50. The molecule has 3 rings (SSSR count). The fourth-order valence-electron chi connectivity index (χ4n) is 2.73. The van der Waals surface area contributed by atoms with E-state index in [-0.39, 0.29) is 5.91 Å². The van der Waals surface area contributed by atoms with Crippen LogP contribution in [-0.2, 0) is 4.74 Å². The van der Waals surface area contributed by atoms with Gasteiger partial charge in [-0.05, 0) is 36.6 Å². The average Bonchev–Trinajstić information content (AvgIpc) is 2.59. The van der Waals surface area contributed by atoms with Crippen molar-refractivity contribution in [1.82, 2.24) is 15.2 Å². The van der Waals surface area contributed by atoms with E-state index in [1.807, 2.05) is 24.3 Å². The second-order valence-electron chi connectivity index (χ2n) is 5.59. The van der Waals surface area contributed by atoms with Gasteiger partial charge >= 0.3 is 0 Å². The third-order valence-electron chi connectivity index (χ3n) is 3.98. The van der Waals surface area contributed by atoms with Gasteiger partial charge in [-0.3, -0.25) is 14.7 Å². The number of nitrogens with one attached hydrogen (secondary N) is 1. The molecule has 1 aromatic carbocycles. The van der Waals surface area contributed by atoms with Gasteiger partial charge in [-0.15, -0.1) is 0 Å². The molecule has 0 radical (unpaired) electrons. The second kappa shape index (κ2) is 7.86. The second-order valence-corrected chi connectivity index (χ2v) is 6.50. The fraction of sp³-hybridized carbons (Fsp3) is 0.412. The number of ether oxygens (including phenoxy) is 1. The number of carbonyl (C=O) groups excluding carboxylic acids is 1. The van der Waals surface area contributed by atoms with Crippen LogP contribution in [0.4, 0.5) is 0 Å². The zero-order valence-electron chi connectivity index (χ0n) is 12.9. The molecule has 0 saturated carbocycles. The van der Waals surface area contributed by atoms with Gasteiger partial charge in [0.2, 0.25) is 0 Å². The lowest BCUT2D eigenvalue weighted by Gasteiger charge is -2.26. The normalized spacial score (nSPS) is 15.7. The Balaban J connectivity index is 1.57. The maximum absolute atomic E-state index is 12.4. The van der Waals surface area contributed by atoms with Gasteiger partial charge in [-0.1, -0.05) is 22.0 Å². The Morgan fingerprint density at radius 3 is 2.96 bits per heavy atom. The summed E-state index contributed by atoms with van der Waals surface area (Å²) < 4.78 is 6.27. The largest absolute Gasteiger partial charge is 0.379 e. The van der Waals surface area contributed by atoms with Crippen molar-refractivity contribution >= 4 is 32.6 Å². The minimum Gasteiger partial charge on any atom is -0.379 e. The van der Waals surface area contributed by atoms with Crippen LogP contribution < -0.4 is 5.32 Å². The van der Waals surface area contributed by atoms with Crippen molar-refractivity contribution in [3.05, 3.63) is 40.6 Å². The van der Waals surface area contributed by atoms with Gasteiger partial charge in [0.1, 0.15) is 5.69 Å². The Morgan fingerprint density at radius 1 is 1.30 bits per heavy atom. The van der Waals surface area contributed by atoms with Gasteiger partial charge in [0, 0.05) is 35.7 Å². The molecule has 2 aromatic rings. The minimum absolute atomic E-state index is 0.115. The number of fused-ring (bicyclic) bond motifs is 1. The Morgan fingerprint density at radius 2 is 2.13 bits per heavy atom. The molecule has 0 aliphatic carbocycles. The molecule has 1 N–H and O–H groups in total. The zero-order valence-corrected chi connectivity index (χ0v) is 14.5. The number of morpholine rings is 1. The first kappa shape index (κ1) is 16.4. The van der Waals surface area contributed by atoms with Crippen molar-refractivity contribution in [3.8, 4) is 0 Å². The highest BCUT2D eigenvalue weighted by molar-refractivity contribution is 9.10. The molecule has 5 nitrogen and oxygen atoms in total. The summed E-state index contributed by atoms with van der Waals surface area (Å²) in [7, 11) is 0. The molecule has 1 aromatic heterocycles. The van der Waals surface area contributed by atoms with Crippen LogP contribution in [0.1, 0.15) is 16.9 Å². The zero-order chi connectivity index (χ0) is 16.1. The number of halogens is 1. The number of amides is 1. The standard InChI is InChI=1S/C17H20BrN3O2/c18-14-3-2-13-4-6-19-16(15(13)12-14)17(22)20-5-1-7-21-8-10-23-11-9-21/h2-4,6,12H,1,5,7-11H2,(H,20,22). The van der Waals surface area contributed by atoms with Crippen LogP contribution >= 0.6 is 15.9 Å². The SMILES string of the molecule is O=C(NCCCN1CCOCC1)c1nccc2ccc(Br)cc12. The molecule has 1 aliphatic rings. The summed E-state index contributed by atoms with van der Waals surface area (Å²) in [6, 6.07) is 7.80. The number of aromatic nitrogens is 1. The third-order valence-corrected chi connectivity index (χ3v) is 4.48. The molecule has 0 bridgehead atoms.